The summed E-state index contributed by atoms with van der Waals surface area (Å²) in [5.74, 6) is -0.959. The molecule has 2 N–H and O–H groups in total. The Morgan fingerprint density at radius 2 is 2.33 bits per heavy atom. The van der Waals surface area contributed by atoms with Crippen LogP contribution in [0.15, 0.2) is 29.9 Å². The van der Waals surface area contributed by atoms with E-state index in [1.807, 2.05) is 0 Å². The summed E-state index contributed by atoms with van der Waals surface area (Å²) in [7, 11) is -3.58. The summed E-state index contributed by atoms with van der Waals surface area (Å²) < 4.78 is 27.2. The molecule has 0 spiro atoms. The van der Waals surface area contributed by atoms with Crippen LogP contribution in [0.5, 0.6) is 0 Å². The molecule has 100 valence electrons. The molecule has 18 heavy (non-hydrogen) atoms. The van der Waals surface area contributed by atoms with Crippen LogP contribution in [0.4, 0.5) is 0 Å². The zero-order valence-corrected chi connectivity index (χ0v) is 10.6. The molecule has 1 heterocycles. The molecule has 0 aliphatic rings. The summed E-state index contributed by atoms with van der Waals surface area (Å²) in [4.78, 5) is 10.4. The van der Waals surface area contributed by atoms with Crippen LogP contribution in [-0.2, 0) is 21.4 Å². The first-order valence-corrected chi connectivity index (χ1v) is 6.79. The van der Waals surface area contributed by atoms with Gasteiger partial charge in [-0.1, -0.05) is 6.08 Å². The van der Waals surface area contributed by atoms with Gasteiger partial charge < -0.3 is 5.11 Å². The molecule has 0 saturated carbocycles. The summed E-state index contributed by atoms with van der Waals surface area (Å²) in [6.07, 6.45) is 4.54. The fourth-order valence-electron chi connectivity index (χ4n) is 1.19. The maximum atomic E-state index is 11.7. The highest BCUT2D eigenvalue weighted by Crippen LogP contribution is 2.07. The fourth-order valence-corrected chi connectivity index (χ4v) is 2.19. The van der Waals surface area contributed by atoms with E-state index in [0.29, 0.717) is 6.42 Å². The van der Waals surface area contributed by atoms with Gasteiger partial charge in [0.15, 0.2) is 0 Å². The Balaban J connectivity index is 2.66. The fraction of sp³-hybridized carbons (Fsp3) is 0.400. The number of nitrogens with one attached hydrogen (secondary N) is 1. The Kier molecular flexibility index (Phi) is 5.05. The van der Waals surface area contributed by atoms with E-state index in [0.717, 1.165) is 0 Å². The van der Waals surface area contributed by atoms with E-state index in [-0.39, 0.29) is 24.4 Å². The van der Waals surface area contributed by atoms with Gasteiger partial charge in [0, 0.05) is 12.7 Å². The van der Waals surface area contributed by atoms with Gasteiger partial charge >= 0.3 is 5.97 Å². The molecule has 0 aromatic carbocycles. The minimum Gasteiger partial charge on any atom is -0.481 e. The summed E-state index contributed by atoms with van der Waals surface area (Å²) in [5, 5.41) is 12.3. The molecule has 0 saturated heterocycles. The van der Waals surface area contributed by atoms with Crippen molar-refractivity contribution in [2.24, 2.45) is 0 Å². The summed E-state index contributed by atoms with van der Waals surface area (Å²) in [5.41, 5.74) is 0. The Morgan fingerprint density at radius 1 is 1.61 bits per heavy atom. The van der Waals surface area contributed by atoms with Crippen molar-refractivity contribution in [3.05, 3.63) is 25.0 Å². The molecule has 0 radical (unpaired) electrons. The van der Waals surface area contributed by atoms with Crippen LogP contribution in [0.25, 0.3) is 0 Å². The lowest BCUT2D eigenvalue weighted by molar-refractivity contribution is -0.137. The SMILES string of the molecule is C=CCCNS(=O)(=O)c1cnn(CCC(=O)O)c1. The molecule has 7 nitrogen and oxygen atoms in total. The highest BCUT2D eigenvalue weighted by molar-refractivity contribution is 7.89. The molecule has 0 unspecified atom stereocenters. The van der Waals surface area contributed by atoms with Crippen molar-refractivity contribution in [2.75, 3.05) is 6.54 Å². The van der Waals surface area contributed by atoms with Gasteiger partial charge in [0.2, 0.25) is 10.0 Å². The van der Waals surface area contributed by atoms with Gasteiger partial charge in [-0.15, -0.1) is 6.58 Å². The van der Waals surface area contributed by atoms with Crippen LogP contribution in [0.2, 0.25) is 0 Å². The highest BCUT2D eigenvalue weighted by atomic mass is 32.2. The van der Waals surface area contributed by atoms with Gasteiger partial charge in [-0.3, -0.25) is 9.48 Å². The average Bonchev–Trinajstić information content (AvgIpc) is 2.76. The van der Waals surface area contributed by atoms with Crippen molar-refractivity contribution in [3.63, 3.8) is 0 Å². The van der Waals surface area contributed by atoms with Crippen molar-refractivity contribution in [1.82, 2.24) is 14.5 Å². The summed E-state index contributed by atoms with van der Waals surface area (Å²) >= 11 is 0. The zero-order chi connectivity index (χ0) is 13.6. The van der Waals surface area contributed by atoms with Crippen molar-refractivity contribution in [2.45, 2.75) is 24.3 Å². The van der Waals surface area contributed by atoms with E-state index in [1.165, 1.54) is 17.1 Å². The standard InChI is InChI=1S/C10H15N3O4S/c1-2-3-5-12-18(16,17)9-7-11-13(8-9)6-4-10(14)15/h2,7-8,12H,1,3-6H2,(H,14,15). The Morgan fingerprint density at radius 3 is 2.94 bits per heavy atom. The lowest BCUT2D eigenvalue weighted by Gasteiger charge is -2.02. The molecule has 0 bridgehead atoms. The predicted octanol–water partition coefficient (Wildman–Crippen LogP) is 0.212. The maximum Gasteiger partial charge on any atom is 0.305 e. The predicted molar refractivity (Wildman–Crippen MR) is 64.5 cm³/mol. The van der Waals surface area contributed by atoms with Gasteiger partial charge in [-0.25, -0.2) is 13.1 Å². The number of hydrogen-bond acceptors (Lipinski definition) is 4. The zero-order valence-electron chi connectivity index (χ0n) is 9.74. The van der Waals surface area contributed by atoms with Gasteiger partial charge in [0.05, 0.1) is 19.2 Å². The Hall–Kier alpha value is -1.67. The molecule has 0 aliphatic heterocycles. The Labute approximate surface area is 105 Å². The van der Waals surface area contributed by atoms with Crippen LogP contribution in [0.3, 0.4) is 0 Å². The van der Waals surface area contributed by atoms with Crippen molar-refractivity contribution < 1.29 is 18.3 Å². The molecular weight excluding hydrogens is 258 g/mol. The molecule has 1 rings (SSSR count). The minimum atomic E-state index is -3.58. The smallest absolute Gasteiger partial charge is 0.305 e. The largest absolute Gasteiger partial charge is 0.481 e. The third kappa shape index (κ3) is 4.30. The lowest BCUT2D eigenvalue weighted by atomic mass is 10.4. The normalized spacial score (nSPS) is 11.3. The van der Waals surface area contributed by atoms with E-state index < -0.39 is 16.0 Å². The third-order valence-electron chi connectivity index (χ3n) is 2.12. The van der Waals surface area contributed by atoms with Crippen LogP contribution >= 0.6 is 0 Å². The average molecular weight is 273 g/mol. The number of aliphatic carboxylic acids is 1. The van der Waals surface area contributed by atoms with E-state index in [4.69, 9.17) is 5.11 Å². The monoisotopic (exact) mass is 273 g/mol. The summed E-state index contributed by atoms with van der Waals surface area (Å²) in [6, 6.07) is 0. The molecular formula is C10H15N3O4S. The van der Waals surface area contributed by atoms with Gasteiger partial charge in [-0.05, 0) is 6.42 Å². The number of sulfonamides is 1. The highest BCUT2D eigenvalue weighted by Gasteiger charge is 2.15. The number of nitrogens with zero attached hydrogens (tertiary/aromatic N) is 2. The second kappa shape index (κ2) is 6.31. The van der Waals surface area contributed by atoms with E-state index >= 15 is 0 Å². The number of hydrogen-bond donors (Lipinski definition) is 2. The number of carboxylic acids is 1. The van der Waals surface area contributed by atoms with Crippen LogP contribution in [0, 0.1) is 0 Å². The molecule has 8 heteroatoms. The van der Waals surface area contributed by atoms with Crippen LogP contribution in [-0.4, -0.2) is 35.8 Å². The molecule has 0 fully saturated rings. The molecule has 0 aliphatic carbocycles. The quantitative estimate of drug-likeness (QED) is 0.521. The number of carboxylic acid groups (broad SMARTS) is 1. The third-order valence-corrected chi connectivity index (χ3v) is 3.53. The van der Waals surface area contributed by atoms with Gasteiger partial charge in [-0.2, -0.15) is 5.10 Å². The van der Waals surface area contributed by atoms with Crippen molar-refractivity contribution >= 4 is 16.0 Å². The Bertz CT molecular complexity index is 521. The first-order chi connectivity index (χ1) is 8.45. The van der Waals surface area contributed by atoms with Gasteiger partial charge in [0.1, 0.15) is 4.90 Å². The second-order valence-corrected chi connectivity index (χ2v) is 5.32. The molecule has 1 aromatic rings. The van der Waals surface area contributed by atoms with E-state index in [1.54, 1.807) is 6.08 Å². The number of aryl methyl sites for hydroxylation is 1. The first-order valence-electron chi connectivity index (χ1n) is 5.30. The topological polar surface area (TPSA) is 101 Å². The number of carbonyl (C=O) groups is 1. The minimum absolute atomic E-state index is 0.0250. The molecule has 0 atom stereocenters. The molecule has 0 amide bonds. The second-order valence-electron chi connectivity index (χ2n) is 3.56. The van der Waals surface area contributed by atoms with Crippen LogP contribution in [0.1, 0.15) is 12.8 Å². The van der Waals surface area contributed by atoms with Gasteiger partial charge in [0.25, 0.3) is 0 Å². The van der Waals surface area contributed by atoms with Crippen molar-refractivity contribution in [3.8, 4) is 0 Å². The molecule has 1 aromatic heterocycles. The lowest BCUT2D eigenvalue weighted by Crippen LogP contribution is -2.24. The van der Waals surface area contributed by atoms with E-state index in [9.17, 15) is 13.2 Å². The maximum absolute atomic E-state index is 11.7. The van der Waals surface area contributed by atoms with Crippen LogP contribution < -0.4 is 4.72 Å². The number of rotatable bonds is 8. The van der Waals surface area contributed by atoms with E-state index in [2.05, 4.69) is 16.4 Å². The summed E-state index contributed by atoms with van der Waals surface area (Å²) in [6.45, 7) is 3.90. The van der Waals surface area contributed by atoms with Crippen molar-refractivity contribution in [1.29, 1.82) is 0 Å². The number of aromatic nitrogens is 2. The first kappa shape index (κ1) is 14.4.